The molecule has 61 valence electrons. The molecule has 2 nitrogen and oxygen atoms in total. The summed E-state index contributed by atoms with van der Waals surface area (Å²) in [5.74, 6) is 1.04. The van der Waals surface area contributed by atoms with Gasteiger partial charge in [0.2, 0.25) is 0 Å². The second-order valence-electron chi connectivity index (χ2n) is 2.15. The number of thiocarbonyl (C=S) groups is 1. The van der Waals surface area contributed by atoms with Crippen LogP contribution in [0, 0.1) is 0 Å². The summed E-state index contributed by atoms with van der Waals surface area (Å²) in [5.41, 5.74) is 5.32. The maximum Gasteiger partial charge on any atom is 0.135 e. The summed E-state index contributed by atoms with van der Waals surface area (Å²) < 4.78 is 0.938. The maximum absolute atomic E-state index is 5.32. The molecule has 0 bridgehead atoms. The molecule has 0 spiro atoms. The van der Waals surface area contributed by atoms with Gasteiger partial charge < -0.3 is 10.6 Å². The van der Waals surface area contributed by atoms with Crippen LogP contribution in [0.2, 0.25) is 0 Å². The van der Waals surface area contributed by atoms with Crippen LogP contribution in [-0.4, -0.2) is 65.2 Å². The molecule has 0 aliphatic heterocycles. The molecule has 0 saturated heterocycles. The van der Waals surface area contributed by atoms with E-state index in [0.29, 0.717) is 0 Å². The van der Waals surface area contributed by atoms with E-state index >= 15 is 0 Å². The van der Waals surface area contributed by atoms with Gasteiger partial charge in [0.1, 0.15) is 4.32 Å². The van der Waals surface area contributed by atoms with Crippen LogP contribution in [0.15, 0.2) is 0 Å². The topological polar surface area (TPSA) is 29.3 Å². The van der Waals surface area contributed by atoms with Crippen molar-refractivity contribution in [2.45, 2.75) is 6.42 Å². The molecule has 5 heteroatoms. The van der Waals surface area contributed by atoms with Gasteiger partial charge in [-0.25, -0.2) is 0 Å². The quantitative estimate of drug-likeness (QED) is 0.410. The van der Waals surface area contributed by atoms with Crippen LogP contribution >= 0.6 is 24.0 Å². The van der Waals surface area contributed by atoms with E-state index < -0.39 is 0 Å². The zero-order valence-electron chi connectivity index (χ0n) is 7.46. The van der Waals surface area contributed by atoms with Gasteiger partial charge in [-0.05, 0) is 13.0 Å². The fourth-order valence-corrected chi connectivity index (χ4v) is 1.37. The number of nitrogens with zero attached hydrogens (tertiary/aromatic N) is 1. The molecule has 0 saturated carbocycles. The molecule has 0 atom stereocenters. The van der Waals surface area contributed by atoms with Crippen LogP contribution in [0.25, 0.3) is 0 Å². The standard InChI is InChI=1S/C6H14N2S2.Na/c1-8(2)6(9)10-5-3-4-7;/h3-5,7H2,1-2H3;. The zero-order chi connectivity index (χ0) is 7.98. The van der Waals surface area contributed by atoms with Gasteiger partial charge in [-0.15, -0.1) is 0 Å². The smallest absolute Gasteiger partial charge is 0.135 e. The van der Waals surface area contributed by atoms with E-state index in [4.69, 9.17) is 18.0 Å². The average Bonchev–Trinajstić information content (AvgIpc) is 1.88. The Morgan fingerprint density at radius 2 is 2.09 bits per heavy atom. The molecule has 0 heterocycles. The van der Waals surface area contributed by atoms with Crippen molar-refractivity contribution in [1.82, 2.24) is 4.90 Å². The fourth-order valence-electron chi connectivity index (χ4n) is 0.372. The molecule has 0 rings (SSSR count). The summed E-state index contributed by atoms with van der Waals surface area (Å²) in [5, 5.41) is 0. The molecular weight excluding hydrogens is 187 g/mol. The molecule has 0 aromatic rings. The van der Waals surface area contributed by atoms with Crippen LogP contribution in [0.1, 0.15) is 6.42 Å². The molecule has 0 fully saturated rings. The summed E-state index contributed by atoms with van der Waals surface area (Å²) in [6.45, 7) is 0.753. The van der Waals surface area contributed by atoms with Gasteiger partial charge in [-0.2, -0.15) is 0 Å². The van der Waals surface area contributed by atoms with Gasteiger partial charge in [0.25, 0.3) is 0 Å². The van der Waals surface area contributed by atoms with E-state index in [1.165, 1.54) is 0 Å². The van der Waals surface area contributed by atoms with E-state index in [9.17, 15) is 0 Å². The molecule has 0 aromatic carbocycles. The molecule has 2 N–H and O–H groups in total. The first-order chi connectivity index (χ1) is 4.68. The van der Waals surface area contributed by atoms with Gasteiger partial charge in [-0.1, -0.05) is 24.0 Å². The molecule has 1 radical (unpaired) electrons. The third-order valence-electron chi connectivity index (χ3n) is 0.939. The minimum Gasteiger partial charge on any atom is -0.364 e. The van der Waals surface area contributed by atoms with Crippen LogP contribution in [0.3, 0.4) is 0 Å². The van der Waals surface area contributed by atoms with Gasteiger partial charge in [-0.3, -0.25) is 0 Å². The van der Waals surface area contributed by atoms with E-state index in [-0.39, 0.29) is 29.6 Å². The Bertz CT molecular complexity index is 109. The summed E-state index contributed by atoms with van der Waals surface area (Å²) in [6, 6.07) is 0. The van der Waals surface area contributed by atoms with Crippen molar-refractivity contribution in [3.05, 3.63) is 0 Å². The second-order valence-corrected chi connectivity index (χ2v) is 3.88. The van der Waals surface area contributed by atoms with Crippen LogP contribution in [0.4, 0.5) is 0 Å². The summed E-state index contributed by atoms with van der Waals surface area (Å²) >= 11 is 6.73. The third-order valence-corrected chi connectivity index (χ3v) is 2.76. The van der Waals surface area contributed by atoms with Crippen molar-refractivity contribution in [2.75, 3.05) is 26.4 Å². The maximum atomic E-state index is 5.32. The Balaban J connectivity index is 0. The van der Waals surface area contributed by atoms with Crippen molar-refractivity contribution in [2.24, 2.45) is 5.73 Å². The molecule has 0 aromatic heterocycles. The molecule has 0 aliphatic carbocycles. The number of hydrogen-bond acceptors (Lipinski definition) is 3. The monoisotopic (exact) mass is 201 g/mol. The van der Waals surface area contributed by atoms with Crippen molar-refractivity contribution >= 4 is 57.9 Å². The predicted octanol–water partition coefficient (Wildman–Crippen LogP) is 0.534. The van der Waals surface area contributed by atoms with Gasteiger partial charge >= 0.3 is 0 Å². The van der Waals surface area contributed by atoms with Crippen LogP contribution in [0.5, 0.6) is 0 Å². The number of thioether (sulfide) groups is 1. The number of rotatable bonds is 3. The van der Waals surface area contributed by atoms with Crippen molar-refractivity contribution in [3.8, 4) is 0 Å². The van der Waals surface area contributed by atoms with Crippen molar-refractivity contribution in [1.29, 1.82) is 0 Å². The SMILES string of the molecule is CN(C)C(=S)SCCCN.[Na]. The average molecular weight is 201 g/mol. The van der Waals surface area contributed by atoms with Crippen LogP contribution < -0.4 is 5.73 Å². The molecule has 0 unspecified atom stereocenters. The Hall–Kier alpha value is 1.20. The Morgan fingerprint density at radius 3 is 2.45 bits per heavy atom. The van der Waals surface area contributed by atoms with E-state index in [1.54, 1.807) is 11.8 Å². The fraction of sp³-hybridized carbons (Fsp3) is 0.833. The van der Waals surface area contributed by atoms with Gasteiger partial charge in [0, 0.05) is 49.4 Å². The largest absolute Gasteiger partial charge is 0.364 e. The molecule has 11 heavy (non-hydrogen) atoms. The number of nitrogens with two attached hydrogens (primary N) is 1. The Morgan fingerprint density at radius 1 is 1.55 bits per heavy atom. The first kappa shape index (κ1) is 14.7. The van der Waals surface area contributed by atoms with E-state index in [2.05, 4.69) is 0 Å². The van der Waals surface area contributed by atoms with Crippen LogP contribution in [-0.2, 0) is 0 Å². The third kappa shape index (κ3) is 9.11. The first-order valence-electron chi connectivity index (χ1n) is 3.22. The zero-order valence-corrected chi connectivity index (χ0v) is 11.1. The number of hydrogen-bond donors (Lipinski definition) is 1. The predicted molar refractivity (Wildman–Crippen MR) is 58.2 cm³/mol. The van der Waals surface area contributed by atoms with Crippen molar-refractivity contribution < 1.29 is 0 Å². The minimum atomic E-state index is 0. The normalized spacial score (nSPS) is 8.64. The summed E-state index contributed by atoms with van der Waals surface area (Å²) in [4.78, 5) is 1.94. The van der Waals surface area contributed by atoms with E-state index in [1.807, 2.05) is 19.0 Å². The van der Waals surface area contributed by atoms with Gasteiger partial charge in [0.05, 0.1) is 0 Å². The molecule has 0 aliphatic rings. The summed E-state index contributed by atoms with van der Waals surface area (Å²) in [7, 11) is 3.91. The minimum absolute atomic E-state index is 0. The Labute approximate surface area is 101 Å². The summed E-state index contributed by atoms with van der Waals surface area (Å²) in [6.07, 6.45) is 1.04. The molecule has 0 amide bonds. The Kier molecular flexibility index (Phi) is 12.4. The van der Waals surface area contributed by atoms with E-state index in [0.717, 1.165) is 23.0 Å². The van der Waals surface area contributed by atoms with Gasteiger partial charge in [0.15, 0.2) is 0 Å². The molecular formula is C6H14N2NaS2. The first-order valence-corrected chi connectivity index (χ1v) is 4.62. The second kappa shape index (κ2) is 9.29. The van der Waals surface area contributed by atoms with Crippen molar-refractivity contribution in [3.63, 3.8) is 0 Å².